The summed E-state index contributed by atoms with van der Waals surface area (Å²) in [7, 11) is 2.01. The third-order valence-electron chi connectivity index (χ3n) is 3.69. The van der Waals surface area contributed by atoms with Crippen LogP contribution in [-0.2, 0) is 12.2 Å². The highest BCUT2D eigenvalue weighted by Crippen LogP contribution is 2.28. The largest absolute Gasteiger partial charge is 0.313 e. The van der Waals surface area contributed by atoms with Crippen LogP contribution in [0.25, 0.3) is 0 Å². The average molecular weight is 285 g/mol. The van der Waals surface area contributed by atoms with Gasteiger partial charge in [-0.05, 0) is 38.4 Å². The first-order valence-electron chi connectivity index (χ1n) is 7.06. The SMILES string of the molecule is CNC1CCCc2nc(CSc3ccccc3)ncc21. The van der Waals surface area contributed by atoms with Gasteiger partial charge in [-0.2, -0.15) is 0 Å². The Morgan fingerprint density at radius 2 is 2.15 bits per heavy atom. The van der Waals surface area contributed by atoms with Gasteiger partial charge in [0, 0.05) is 28.4 Å². The van der Waals surface area contributed by atoms with Gasteiger partial charge in [0.05, 0.1) is 5.75 Å². The van der Waals surface area contributed by atoms with Crippen molar-refractivity contribution in [3.63, 3.8) is 0 Å². The second-order valence-electron chi connectivity index (χ2n) is 5.02. The fourth-order valence-electron chi connectivity index (χ4n) is 2.62. The zero-order valence-electron chi connectivity index (χ0n) is 11.7. The van der Waals surface area contributed by atoms with Gasteiger partial charge in [-0.1, -0.05) is 18.2 Å². The van der Waals surface area contributed by atoms with Crippen molar-refractivity contribution < 1.29 is 0 Å². The molecule has 0 bridgehead atoms. The number of thioether (sulfide) groups is 1. The first kappa shape index (κ1) is 13.6. The Balaban J connectivity index is 1.72. The Kier molecular flexibility index (Phi) is 4.33. The van der Waals surface area contributed by atoms with Crippen molar-refractivity contribution in [3.8, 4) is 0 Å². The van der Waals surface area contributed by atoms with Crippen LogP contribution in [0.4, 0.5) is 0 Å². The lowest BCUT2D eigenvalue weighted by molar-refractivity contribution is 0.486. The van der Waals surface area contributed by atoms with Crippen LogP contribution in [0.5, 0.6) is 0 Å². The minimum atomic E-state index is 0.426. The Morgan fingerprint density at radius 3 is 2.95 bits per heavy atom. The van der Waals surface area contributed by atoms with E-state index in [-0.39, 0.29) is 0 Å². The number of aryl methyl sites for hydroxylation is 1. The molecule has 0 fully saturated rings. The molecule has 1 aromatic carbocycles. The zero-order valence-corrected chi connectivity index (χ0v) is 12.5. The van der Waals surface area contributed by atoms with Crippen LogP contribution < -0.4 is 5.32 Å². The highest BCUT2D eigenvalue weighted by atomic mass is 32.2. The molecule has 1 N–H and O–H groups in total. The lowest BCUT2D eigenvalue weighted by Gasteiger charge is -2.24. The lowest BCUT2D eigenvalue weighted by Crippen LogP contribution is -2.23. The number of fused-ring (bicyclic) bond motifs is 1. The third kappa shape index (κ3) is 3.02. The lowest BCUT2D eigenvalue weighted by atomic mass is 9.92. The van der Waals surface area contributed by atoms with E-state index in [0.717, 1.165) is 18.0 Å². The molecule has 1 unspecified atom stereocenters. The van der Waals surface area contributed by atoms with Crippen LogP contribution in [0, 0.1) is 0 Å². The molecule has 1 aliphatic carbocycles. The van der Waals surface area contributed by atoms with Gasteiger partial charge >= 0.3 is 0 Å². The van der Waals surface area contributed by atoms with E-state index >= 15 is 0 Å². The van der Waals surface area contributed by atoms with Crippen molar-refractivity contribution in [3.05, 3.63) is 53.6 Å². The van der Waals surface area contributed by atoms with E-state index in [4.69, 9.17) is 4.98 Å². The van der Waals surface area contributed by atoms with Crippen LogP contribution in [0.2, 0.25) is 0 Å². The maximum absolute atomic E-state index is 4.75. The number of hydrogen-bond acceptors (Lipinski definition) is 4. The summed E-state index contributed by atoms with van der Waals surface area (Å²) < 4.78 is 0. The van der Waals surface area contributed by atoms with E-state index in [1.165, 1.54) is 29.0 Å². The van der Waals surface area contributed by atoms with Crippen LogP contribution >= 0.6 is 11.8 Å². The molecule has 3 nitrogen and oxygen atoms in total. The molecule has 0 radical (unpaired) electrons. The van der Waals surface area contributed by atoms with E-state index in [0.29, 0.717) is 6.04 Å². The van der Waals surface area contributed by atoms with Crippen molar-refractivity contribution in [2.45, 2.75) is 36.0 Å². The molecule has 1 heterocycles. The van der Waals surface area contributed by atoms with Gasteiger partial charge in [0.25, 0.3) is 0 Å². The Morgan fingerprint density at radius 1 is 1.30 bits per heavy atom. The summed E-state index contributed by atoms with van der Waals surface area (Å²) in [5.74, 6) is 1.77. The molecule has 1 aliphatic rings. The highest BCUT2D eigenvalue weighted by molar-refractivity contribution is 7.98. The van der Waals surface area contributed by atoms with Crippen molar-refractivity contribution in [2.24, 2.45) is 0 Å². The summed E-state index contributed by atoms with van der Waals surface area (Å²) in [5, 5.41) is 3.35. The normalized spacial score (nSPS) is 17.8. The summed E-state index contributed by atoms with van der Waals surface area (Å²) in [4.78, 5) is 10.6. The van der Waals surface area contributed by atoms with Crippen LogP contribution in [0.15, 0.2) is 41.4 Å². The summed E-state index contributed by atoms with van der Waals surface area (Å²) in [6, 6.07) is 10.8. The molecule has 1 atom stereocenters. The Bertz CT molecular complexity index is 571. The van der Waals surface area contributed by atoms with Gasteiger partial charge in [-0.3, -0.25) is 0 Å². The molecular formula is C16H19N3S. The molecule has 0 amide bonds. The predicted octanol–water partition coefficient (Wildman–Crippen LogP) is 3.37. The molecule has 0 saturated carbocycles. The minimum Gasteiger partial charge on any atom is -0.313 e. The smallest absolute Gasteiger partial charge is 0.138 e. The first-order chi connectivity index (χ1) is 9.86. The second-order valence-corrected chi connectivity index (χ2v) is 6.07. The molecule has 0 saturated heterocycles. The molecule has 104 valence electrons. The first-order valence-corrected chi connectivity index (χ1v) is 8.05. The molecule has 0 spiro atoms. The van der Waals surface area contributed by atoms with Gasteiger partial charge in [-0.15, -0.1) is 11.8 Å². The molecular weight excluding hydrogens is 266 g/mol. The number of hydrogen-bond donors (Lipinski definition) is 1. The molecule has 20 heavy (non-hydrogen) atoms. The third-order valence-corrected chi connectivity index (χ3v) is 4.70. The molecule has 0 aliphatic heterocycles. The average Bonchev–Trinajstić information content (AvgIpc) is 2.53. The van der Waals surface area contributed by atoms with Gasteiger partial charge in [-0.25, -0.2) is 9.97 Å². The maximum Gasteiger partial charge on any atom is 0.138 e. The molecule has 4 heteroatoms. The zero-order chi connectivity index (χ0) is 13.8. The number of rotatable bonds is 4. The van der Waals surface area contributed by atoms with E-state index in [1.807, 2.05) is 19.3 Å². The summed E-state index contributed by atoms with van der Waals surface area (Å²) in [6.07, 6.45) is 5.49. The number of nitrogens with zero attached hydrogens (tertiary/aromatic N) is 2. The number of benzene rings is 1. The van der Waals surface area contributed by atoms with Gasteiger partial charge < -0.3 is 5.32 Å². The maximum atomic E-state index is 4.75. The number of aromatic nitrogens is 2. The van der Waals surface area contributed by atoms with Gasteiger partial charge in [0.1, 0.15) is 5.82 Å². The summed E-state index contributed by atoms with van der Waals surface area (Å²) >= 11 is 1.79. The summed E-state index contributed by atoms with van der Waals surface area (Å²) in [5.41, 5.74) is 2.52. The van der Waals surface area contributed by atoms with Crippen molar-refractivity contribution in [1.82, 2.24) is 15.3 Å². The fraction of sp³-hybridized carbons (Fsp3) is 0.375. The van der Waals surface area contributed by atoms with Crippen LogP contribution in [-0.4, -0.2) is 17.0 Å². The molecule has 3 rings (SSSR count). The van der Waals surface area contributed by atoms with E-state index in [1.54, 1.807) is 11.8 Å². The topological polar surface area (TPSA) is 37.8 Å². The van der Waals surface area contributed by atoms with Crippen molar-refractivity contribution in [1.29, 1.82) is 0 Å². The standard InChI is InChI=1S/C16H19N3S/c1-17-14-8-5-9-15-13(14)10-18-16(19-15)11-20-12-6-3-2-4-7-12/h2-4,6-7,10,14,17H,5,8-9,11H2,1H3. The van der Waals surface area contributed by atoms with Crippen LogP contribution in [0.1, 0.15) is 36.0 Å². The quantitative estimate of drug-likeness (QED) is 0.874. The highest BCUT2D eigenvalue weighted by Gasteiger charge is 2.20. The van der Waals surface area contributed by atoms with Crippen molar-refractivity contribution >= 4 is 11.8 Å². The van der Waals surface area contributed by atoms with E-state index in [9.17, 15) is 0 Å². The van der Waals surface area contributed by atoms with E-state index in [2.05, 4.69) is 34.6 Å². The number of nitrogens with one attached hydrogen (secondary N) is 1. The Hall–Kier alpha value is -1.39. The fourth-order valence-corrected chi connectivity index (χ4v) is 3.41. The second kappa shape index (κ2) is 6.37. The molecule has 2 aromatic rings. The van der Waals surface area contributed by atoms with E-state index < -0.39 is 0 Å². The predicted molar refractivity (Wildman–Crippen MR) is 82.8 cm³/mol. The minimum absolute atomic E-state index is 0.426. The van der Waals surface area contributed by atoms with Crippen molar-refractivity contribution in [2.75, 3.05) is 7.05 Å². The molecule has 1 aromatic heterocycles. The Labute approximate surface area is 124 Å². The van der Waals surface area contributed by atoms with Gasteiger partial charge in [0.2, 0.25) is 0 Å². The summed E-state index contributed by atoms with van der Waals surface area (Å²) in [6.45, 7) is 0. The van der Waals surface area contributed by atoms with Crippen LogP contribution in [0.3, 0.4) is 0 Å². The van der Waals surface area contributed by atoms with Gasteiger partial charge in [0.15, 0.2) is 0 Å². The monoisotopic (exact) mass is 285 g/mol.